The maximum Gasteiger partial charge on any atom is 0.335 e. The number of benzene rings is 2. The molecule has 0 fully saturated rings. The van der Waals surface area contributed by atoms with Crippen LogP contribution >= 0.6 is 0 Å². The zero-order chi connectivity index (χ0) is 20.1. The van der Waals surface area contributed by atoms with Crippen molar-refractivity contribution in [3.8, 4) is 23.0 Å². The van der Waals surface area contributed by atoms with Crippen LogP contribution in [-0.4, -0.2) is 39.4 Å². The summed E-state index contributed by atoms with van der Waals surface area (Å²) < 4.78 is 9.91. The lowest BCUT2D eigenvalue weighted by Gasteiger charge is -2.09. The van der Waals surface area contributed by atoms with Gasteiger partial charge in [0.1, 0.15) is 0 Å². The van der Waals surface area contributed by atoms with Crippen molar-refractivity contribution in [2.75, 3.05) is 0 Å². The largest absolute Gasteiger partial charge is 0.504 e. The molecule has 0 heterocycles. The lowest BCUT2D eigenvalue weighted by atomic mass is 10.1. The Morgan fingerprint density at radius 2 is 1.59 bits per heavy atom. The Bertz CT molecular complexity index is 949. The zero-order valence-electron chi connectivity index (χ0n) is 14.3. The van der Waals surface area contributed by atoms with Crippen molar-refractivity contribution in [1.29, 1.82) is 0 Å². The molecule has 0 atom stereocenters. The molecule has 9 nitrogen and oxygen atoms in total. The number of rotatable bonds is 5. The fourth-order valence-electron chi connectivity index (χ4n) is 2.06. The van der Waals surface area contributed by atoms with E-state index in [-0.39, 0.29) is 28.3 Å². The van der Waals surface area contributed by atoms with Crippen LogP contribution in [0.5, 0.6) is 23.0 Å². The molecule has 0 aromatic heterocycles. The third-order valence-corrected chi connectivity index (χ3v) is 3.15. The molecule has 2 rings (SSSR count). The van der Waals surface area contributed by atoms with Crippen LogP contribution < -0.4 is 9.47 Å². The minimum atomic E-state index is -1.29. The lowest BCUT2D eigenvalue weighted by Crippen LogP contribution is -2.06. The summed E-state index contributed by atoms with van der Waals surface area (Å²) in [6.45, 7) is 2.36. The van der Waals surface area contributed by atoms with Gasteiger partial charge in [-0.1, -0.05) is 0 Å². The van der Waals surface area contributed by atoms with Gasteiger partial charge in [0, 0.05) is 31.7 Å². The second-order valence-electron chi connectivity index (χ2n) is 5.31. The van der Waals surface area contributed by atoms with Crippen molar-refractivity contribution in [3.63, 3.8) is 0 Å². The maximum atomic E-state index is 11.2. The van der Waals surface area contributed by atoms with Crippen LogP contribution in [-0.2, 0) is 9.59 Å². The van der Waals surface area contributed by atoms with Crippen LogP contribution in [0, 0.1) is 0 Å². The van der Waals surface area contributed by atoms with Crippen LogP contribution in [0.2, 0.25) is 0 Å². The first-order valence-corrected chi connectivity index (χ1v) is 7.51. The Labute approximate surface area is 153 Å². The SMILES string of the molecule is CC(=O)Oc1ccc(N=Cc2cc(C(=O)O)cc(O)c2O)cc1OC(C)=O. The highest BCUT2D eigenvalue weighted by molar-refractivity contribution is 5.94. The number of carbonyl (C=O) groups excluding carboxylic acids is 2. The summed E-state index contributed by atoms with van der Waals surface area (Å²) in [5.41, 5.74) is -0.0233. The molecule has 3 N–H and O–H groups in total. The van der Waals surface area contributed by atoms with Gasteiger partial charge < -0.3 is 24.8 Å². The molecular weight excluding hydrogens is 358 g/mol. The zero-order valence-corrected chi connectivity index (χ0v) is 14.3. The van der Waals surface area contributed by atoms with Crippen molar-refractivity contribution in [2.24, 2.45) is 4.99 Å². The van der Waals surface area contributed by atoms with Crippen LogP contribution in [0.3, 0.4) is 0 Å². The maximum absolute atomic E-state index is 11.2. The van der Waals surface area contributed by atoms with Crippen molar-refractivity contribution >= 4 is 29.8 Å². The highest BCUT2D eigenvalue weighted by Gasteiger charge is 2.13. The van der Waals surface area contributed by atoms with Crippen molar-refractivity contribution in [2.45, 2.75) is 13.8 Å². The molecule has 9 heteroatoms. The standard InChI is InChI=1S/C18H15NO8/c1-9(20)26-15-4-3-13(7-16(15)27-10(2)21)19-8-12-5-11(18(24)25)6-14(22)17(12)23/h3-8,22-23H,1-2H3,(H,24,25). The average Bonchev–Trinajstić information content (AvgIpc) is 2.57. The Kier molecular flexibility index (Phi) is 5.76. The van der Waals surface area contributed by atoms with E-state index in [1.54, 1.807) is 0 Å². The summed E-state index contributed by atoms with van der Waals surface area (Å²) in [5.74, 6) is -3.71. The monoisotopic (exact) mass is 373 g/mol. The predicted octanol–water partition coefficient (Wildman–Crippen LogP) is 2.40. The van der Waals surface area contributed by atoms with E-state index < -0.39 is 29.4 Å². The fraction of sp³-hybridized carbons (Fsp3) is 0.111. The second kappa shape index (κ2) is 8.00. The molecule has 2 aromatic carbocycles. The molecule has 0 spiro atoms. The normalized spacial score (nSPS) is 10.6. The van der Waals surface area contributed by atoms with E-state index in [0.717, 1.165) is 18.3 Å². The molecule has 0 saturated carbocycles. The van der Waals surface area contributed by atoms with Gasteiger partial charge in [0.25, 0.3) is 0 Å². The number of ether oxygens (including phenoxy) is 2. The number of aromatic hydroxyl groups is 2. The van der Waals surface area contributed by atoms with E-state index in [0.29, 0.717) is 0 Å². The van der Waals surface area contributed by atoms with Gasteiger partial charge in [-0.3, -0.25) is 14.6 Å². The number of aromatic carboxylic acids is 1. The number of phenolic OH excluding ortho intramolecular Hbond substituents is 2. The molecule has 2 aromatic rings. The highest BCUT2D eigenvalue weighted by atomic mass is 16.6. The predicted molar refractivity (Wildman–Crippen MR) is 93.0 cm³/mol. The van der Waals surface area contributed by atoms with Crippen LogP contribution in [0.15, 0.2) is 35.3 Å². The van der Waals surface area contributed by atoms with Crippen LogP contribution in [0.1, 0.15) is 29.8 Å². The van der Waals surface area contributed by atoms with E-state index in [2.05, 4.69) is 4.99 Å². The second-order valence-corrected chi connectivity index (χ2v) is 5.31. The minimum absolute atomic E-state index is 0.0185. The number of aliphatic imine (C=N–C) groups is 1. The topological polar surface area (TPSA) is 143 Å². The summed E-state index contributed by atoms with van der Waals surface area (Å²) in [5, 5.41) is 28.5. The number of esters is 2. The smallest absolute Gasteiger partial charge is 0.335 e. The third kappa shape index (κ3) is 5.05. The molecule has 27 heavy (non-hydrogen) atoms. The molecule has 0 saturated heterocycles. The molecular formula is C18H15NO8. The van der Waals surface area contributed by atoms with Gasteiger partial charge in [0.2, 0.25) is 0 Å². The molecule has 0 radical (unpaired) electrons. The summed E-state index contributed by atoms with van der Waals surface area (Å²) in [7, 11) is 0. The number of carbonyl (C=O) groups is 3. The number of carboxylic acids is 1. The van der Waals surface area contributed by atoms with Crippen molar-refractivity contribution in [3.05, 3.63) is 41.5 Å². The fourth-order valence-corrected chi connectivity index (χ4v) is 2.06. The van der Waals surface area contributed by atoms with Gasteiger partial charge in [-0.2, -0.15) is 0 Å². The summed E-state index contributed by atoms with van der Waals surface area (Å²) >= 11 is 0. The quantitative estimate of drug-likeness (QED) is 0.314. The van der Waals surface area contributed by atoms with Gasteiger partial charge >= 0.3 is 17.9 Å². The van der Waals surface area contributed by atoms with E-state index in [1.807, 2.05) is 0 Å². The number of nitrogens with zero attached hydrogens (tertiary/aromatic N) is 1. The van der Waals surface area contributed by atoms with Crippen LogP contribution in [0.4, 0.5) is 5.69 Å². The lowest BCUT2D eigenvalue weighted by molar-refractivity contribution is -0.134. The number of phenols is 2. The Morgan fingerprint density at radius 1 is 0.963 bits per heavy atom. The first kappa shape index (κ1) is 19.4. The van der Waals surface area contributed by atoms with Gasteiger partial charge in [-0.15, -0.1) is 0 Å². The first-order chi connectivity index (χ1) is 12.7. The van der Waals surface area contributed by atoms with Gasteiger partial charge in [0.15, 0.2) is 23.0 Å². The third-order valence-electron chi connectivity index (χ3n) is 3.15. The number of hydrogen-bond donors (Lipinski definition) is 3. The van der Waals surface area contributed by atoms with Gasteiger partial charge in [-0.05, 0) is 24.3 Å². The van der Waals surface area contributed by atoms with Crippen molar-refractivity contribution in [1.82, 2.24) is 0 Å². The Hall–Kier alpha value is -3.88. The Balaban J connectivity index is 2.40. The number of carboxylic acid groups (broad SMARTS) is 1. The molecule has 0 unspecified atom stereocenters. The minimum Gasteiger partial charge on any atom is -0.504 e. The summed E-state index contributed by atoms with van der Waals surface area (Å²) in [4.78, 5) is 37.4. The van der Waals surface area contributed by atoms with E-state index in [9.17, 15) is 24.6 Å². The average molecular weight is 373 g/mol. The molecule has 0 aliphatic carbocycles. The Morgan fingerprint density at radius 3 is 2.19 bits per heavy atom. The van der Waals surface area contributed by atoms with Gasteiger partial charge in [-0.25, -0.2) is 4.79 Å². The number of hydrogen-bond acceptors (Lipinski definition) is 8. The van der Waals surface area contributed by atoms with E-state index >= 15 is 0 Å². The van der Waals surface area contributed by atoms with Crippen molar-refractivity contribution < 1.29 is 39.2 Å². The summed E-state index contributed by atoms with van der Waals surface area (Å²) in [6, 6.07) is 6.15. The molecule has 0 aliphatic rings. The molecule has 0 aliphatic heterocycles. The first-order valence-electron chi connectivity index (χ1n) is 7.51. The molecule has 0 amide bonds. The van der Waals surface area contributed by atoms with E-state index in [1.165, 1.54) is 32.0 Å². The molecule has 140 valence electrons. The van der Waals surface area contributed by atoms with Crippen LogP contribution in [0.25, 0.3) is 0 Å². The molecule has 0 bridgehead atoms. The van der Waals surface area contributed by atoms with E-state index in [4.69, 9.17) is 14.6 Å². The summed E-state index contributed by atoms with van der Waals surface area (Å²) in [6.07, 6.45) is 1.12. The highest BCUT2D eigenvalue weighted by Crippen LogP contribution is 2.33. The van der Waals surface area contributed by atoms with Gasteiger partial charge in [0.05, 0.1) is 11.3 Å².